The van der Waals surface area contributed by atoms with Gasteiger partial charge in [-0.3, -0.25) is 0 Å². The highest BCUT2D eigenvalue weighted by Gasteiger charge is 2.11. The number of rotatable bonds is 3. The van der Waals surface area contributed by atoms with Crippen molar-refractivity contribution in [3.63, 3.8) is 0 Å². The zero-order chi connectivity index (χ0) is 13.1. The molecule has 4 heteroatoms. The third kappa shape index (κ3) is 2.84. The number of aliphatic hydroxyl groups is 1. The third-order valence-electron chi connectivity index (χ3n) is 2.45. The molecule has 0 amide bonds. The number of ether oxygens (including phenoxy) is 1. The minimum Gasteiger partial charge on any atom is -0.457 e. The van der Waals surface area contributed by atoms with E-state index in [1.165, 1.54) is 43.3 Å². The minimum absolute atomic E-state index is 0.295. The number of halogens is 2. The molecule has 0 saturated carbocycles. The molecule has 0 bridgehead atoms. The molecule has 0 aliphatic rings. The highest BCUT2D eigenvalue weighted by molar-refractivity contribution is 5.39. The van der Waals surface area contributed by atoms with Gasteiger partial charge in [0.05, 0.1) is 6.10 Å². The Morgan fingerprint density at radius 2 is 1.78 bits per heavy atom. The SMILES string of the molecule is C[C@@H](O)c1cc(F)ccc1Oc1cccc(F)c1. The molecule has 0 aromatic heterocycles. The fraction of sp³-hybridized carbons (Fsp3) is 0.143. The van der Waals surface area contributed by atoms with Crippen LogP contribution < -0.4 is 4.74 Å². The van der Waals surface area contributed by atoms with Gasteiger partial charge in [-0.2, -0.15) is 0 Å². The molecule has 0 aliphatic heterocycles. The van der Waals surface area contributed by atoms with Gasteiger partial charge in [-0.25, -0.2) is 8.78 Å². The molecule has 0 aliphatic carbocycles. The van der Waals surface area contributed by atoms with Crippen molar-refractivity contribution in [2.24, 2.45) is 0 Å². The standard InChI is InChI=1S/C14H12F2O2/c1-9(17)13-8-11(16)5-6-14(13)18-12-4-2-3-10(15)7-12/h2-9,17H,1H3/t9-/m1/s1. The second-order valence-corrected chi connectivity index (χ2v) is 3.92. The molecule has 0 unspecified atom stereocenters. The molecule has 0 heterocycles. The Morgan fingerprint density at radius 1 is 1.06 bits per heavy atom. The number of aliphatic hydroxyl groups excluding tert-OH is 1. The lowest BCUT2D eigenvalue weighted by molar-refractivity contribution is 0.195. The Balaban J connectivity index is 2.34. The summed E-state index contributed by atoms with van der Waals surface area (Å²) in [5.41, 5.74) is 0.319. The van der Waals surface area contributed by atoms with Crippen LogP contribution in [-0.4, -0.2) is 5.11 Å². The Morgan fingerprint density at radius 3 is 2.44 bits per heavy atom. The fourth-order valence-electron chi connectivity index (χ4n) is 1.60. The Labute approximate surface area is 103 Å². The average Bonchev–Trinajstić information content (AvgIpc) is 2.31. The highest BCUT2D eigenvalue weighted by Crippen LogP contribution is 2.30. The van der Waals surface area contributed by atoms with Crippen LogP contribution in [0.2, 0.25) is 0 Å². The Kier molecular flexibility index (Phi) is 3.58. The van der Waals surface area contributed by atoms with E-state index >= 15 is 0 Å². The minimum atomic E-state index is -0.871. The second-order valence-electron chi connectivity index (χ2n) is 3.92. The molecule has 1 N–H and O–H groups in total. The summed E-state index contributed by atoms with van der Waals surface area (Å²) in [6, 6.07) is 9.43. The lowest BCUT2D eigenvalue weighted by Gasteiger charge is -2.13. The molecule has 0 radical (unpaired) electrons. The van der Waals surface area contributed by atoms with E-state index in [4.69, 9.17) is 4.74 Å². The molecule has 0 spiro atoms. The van der Waals surface area contributed by atoms with Crippen molar-refractivity contribution in [1.82, 2.24) is 0 Å². The van der Waals surface area contributed by atoms with E-state index in [1.54, 1.807) is 6.07 Å². The van der Waals surface area contributed by atoms with Crippen LogP contribution in [0, 0.1) is 11.6 Å². The maximum atomic E-state index is 13.1. The fourth-order valence-corrected chi connectivity index (χ4v) is 1.60. The van der Waals surface area contributed by atoms with E-state index in [0.29, 0.717) is 17.1 Å². The van der Waals surface area contributed by atoms with Crippen molar-refractivity contribution in [2.75, 3.05) is 0 Å². The van der Waals surface area contributed by atoms with Crippen LogP contribution in [0.3, 0.4) is 0 Å². The topological polar surface area (TPSA) is 29.5 Å². The summed E-state index contributed by atoms with van der Waals surface area (Å²) in [4.78, 5) is 0. The zero-order valence-electron chi connectivity index (χ0n) is 9.73. The molecular weight excluding hydrogens is 238 g/mol. The summed E-state index contributed by atoms with van der Waals surface area (Å²) >= 11 is 0. The van der Waals surface area contributed by atoms with Gasteiger partial charge in [0.1, 0.15) is 23.1 Å². The molecule has 2 aromatic rings. The molecule has 1 atom stereocenters. The molecule has 18 heavy (non-hydrogen) atoms. The number of hydrogen-bond donors (Lipinski definition) is 1. The summed E-state index contributed by atoms with van der Waals surface area (Å²) in [6.45, 7) is 1.51. The summed E-state index contributed by atoms with van der Waals surface area (Å²) in [5.74, 6) is -0.286. The van der Waals surface area contributed by atoms with Gasteiger partial charge >= 0.3 is 0 Å². The summed E-state index contributed by atoms with van der Waals surface area (Å²) < 4.78 is 31.5. The molecule has 94 valence electrons. The predicted octanol–water partition coefficient (Wildman–Crippen LogP) is 3.81. The monoisotopic (exact) mass is 250 g/mol. The zero-order valence-corrected chi connectivity index (χ0v) is 9.73. The smallest absolute Gasteiger partial charge is 0.133 e. The van der Waals surface area contributed by atoms with E-state index in [1.807, 2.05) is 0 Å². The summed E-state index contributed by atoms with van der Waals surface area (Å²) in [6.07, 6.45) is -0.871. The van der Waals surface area contributed by atoms with Crippen LogP contribution in [0.5, 0.6) is 11.5 Å². The van der Waals surface area contributed by atoms with Crippen LogP contribution in [0.1, 0.15) is 18.6 Å². The van der Waals surface area contributed by atoms with Crippen molar-refractivity contribution in [2.45, 2.75) is 13.0 Å². The summed E-state index contributed by atoms with van der Waals surface area (Å²) in [7, 11) is 0. The number of benzene rings is 2. The molecule has 2 rings (SSSR count). The van der Waals surface area contributed by atoms with Crippen LogP contribution in [0.25, 0.3) is 0 Å². The first kappa shape index (κ1) is 12.5. The molecule has 0 fully saturated rings. The summed E-state index contributed by atoms with van der Waals surface area (Å²) in [5, 5.41) is 9.54. The van der Waals surface area contributed by atoms with Gasteiger partial charge < -0.3 is 9.84 Å². The van der Waals surface area contributed by atoms with Gasteiger partial charge in [0.15, 0.2) is 0 Å². The highest BCUT2D eigenvalue weighted by atomic mass is 19.1. The normalized spacial score (nSPS) is 12.2. The van der Waals surface area contributed by atoms with Crippen LogP contribution in [-0.2, 0) is 0 Å². The van der Waals surface area contributed by atoms with Gasteiger partial charge in [0, 0.05) is 11.6 Å². The average molecular weight is 250 g/mol. The van der Waals surface area contributed by atoms with E-state index in [-0.39, 0.29) is 0 Å². The Hall–Kier alpha value is -1.94. The van der Waals surface area contributed by atoms with Crippen LogP contribution in [0.4, 0.5) is 8.78 Å². The first-order valence-electron chi connectivity index (χ1n) is 5.47. The lowest BCUT2D eigenvalue weighted by Crippen LogP contribution is -1.97. The number of hydrogen-bond acceptors (Lipinski definition) is 2. The largest absolute Gasteiger partial charge is 0.457 e. The molecule has 2 aromatic carbocycles. The first-order valence-corrected chi connectivity index (χ1v) is 5.47. The van der Waals surface area contributed by atoms with Crippen molar-refractivity contribution < 1.29 is 18.6 Å². The van der Waals surface area contributed by atoms with E-state index in [9.17, 15) is 13.9 Å². The lowest BCUT2D eigenvalue weighted by atomic mass is 10.1. The molecular formula is C14H12F2O2. The van der Waals surface area contributed by atoms with Crippen molar-refractivity contribution in [1.29, 1.82) is 0 Å². The van der Waals surface area contributed by atoms with Gasteiger partial charge in [0.25, 0.3) is 0 Å². The maximum Gasteiger partial charge on any atom is 0.133 e. The van der Waals surface area contributed by atoms with Crippen molar-refractivity contribution in [3.05, 3.63) is 59.7 Å². The molecule has 0 saturated heterocycles. The quantitative estimate of drug-likeness (QED) is 0.897. The van der Waals surface area contributed by atoms with E-state index in [0.717, 1.165) is 0 Å². The van der Waals surface area contributed by atoms with Crippen LogP contribution >= 0.6 is 0 Å². The Bertz CT molecular complexity index is 553. The maximum absolute atomic E-state index is 13.1. The predicted molar refractivity (Wildman–Crippen MR) is 63.5 cm³/mol. The van der Waals surface area contributed by atoms with Gasteiger partial charge in [-0.15, -0.1) is 0 Å². The third-order valence-corrected chi connectivity index (χ3v) is 2.45. The van der Waals surface area contributed by atoms with Crippen molar-refractivity contribution in [3.8, 4) is 11.5 Å². The first-order chi connectivity index (χ1) is 8.56. The van der Waals surface area contributed by atoms with Gasteiger partial charge in [0.2, 0.25) is 0 Å². The van der Waals surface area contributed by atoms with E-state index < -0.39 is 17.7 Å². The van der Waals surface area contributed by atoms with Gasteiger partial charge in [-0.1, -0.05) is 6.07 Å². The van der Waals surface area contributed by atoms with Crippen molar-refractivity contribution >= 4 is 0 Å². The van der Waals surface area contributed by atoms with Gasteiger partial charge in [-0.05, 0) is 37.3 Å². The molecule has 2 nitrogen and oxygen atoms in total. The second kappa shape index (κ2) is 5.14. The van der Waals surface area contributed by atoms with Crippen LogP contribution in [0.15, 0.2) is 42.5 Å². The van der Waals surface area contributed by atoms with E-state index in [2.05, 4.69) is 0 Å².